The van der Waals surface area contributed by atoms with E-state index >= 15 is 0 Å². The Balaban J connectivity index is 1.01. The van der Waals surface area contributed by atoms with E-state index in [1.807, 2.05) is 0 Å². The number of hydrogen-bond acceptors (Lipinski definition) is 2. The molecule has 0 aliphatic carbocycles. The van der Waals surface area contributed by atoms with Crippen LogP contribution in [0.5, 0.6) is 11.5 Å². The van der Waals surface area contributed by atoms with Gasteiger partial charge in [-0.05, 0) is 102 Å². The lowest BCUT2D eigenvalue weighted by Crippen LogP contribution is -2.09. The molecule has 2 aromatic heterocycles. The summed E-state index contributed by atoms with van der Waals surface area (Å²) in [5.74, 6) is 1.75. The number of rotatable bonds is 6. The van der Waals surface area contributed by atoms with Crippen LogP contribution in [0, 0.1) is 0 Å². The Morgan fingerprint density at radius 2 is 0.966 bits per heavy atom. The number of nitrogens with zero attached hydrogens (tertiary/aromatic N) is 3. The van der Waals surface area contributed by atoms with E-state index in [4.69, 9.17) is 4.74 Å². The van der Waals surface area contributed by atoms with Crippen molar-refractivity contribution >= 4 is 60.7 Å². The summed E-state index contributed by atoms with van der Waals surface area (Å²) in [7, 11) is 0. The number of anilines is 3. The summed E-state index contributed by atoms with van der Waals surface area (Å²) in [5.41, 5.74) is 14.6. The van der Waals surface area contributed by atoms with E-state index in [1.54, 1.807) is 0 Å². The lowest BCUT2D eigenvalue weighted by molar-refractivity contribution is 0.478. The minimum absolute atomic E-state index is 0.871. The summed E-state index contributed by atoms with van der Waals surface area (Å²) in [6.07, 6.45) is 0. The molecular formula is C54H35N3O. The average Bonchev–Trinajstić information content (AvgIpc) is 3.81. The van der Waals surface area contributed by atoms with E-state index in [-0.39, 0.29) is 0 Å². The first-order valence-corrected chi connectivity index (χ1v) is 19.8. The fourth-order valence-corrected chi connectivity index (χ4v) is 9.10. The predicted octanol–water partition coefficient (Wildman–Crippen LogP) is 14.8. The van der Waals surface area contributed by atoms with Crippen molar-refractivity contribution in [2.45, 2.75) is 0 Å². The molecule has 0 saturated carbocycles. The molecule has 0 bridgehead atoms. The molecule has 9 aromatic carbocycles. The van der Waals surface area contributed by atoms with Crippen LogP contribution in [0.4, 0.5) is 17.1 Å². The van der Waals surface area contributed by atoms with Gasteiger partial charge in [-0.1, -0.05) is 127 Å². The van der Waals surface area contributed by atoms with Gasteiger partial charge in [-0.25, -0.2) is 0 Å². The second-order valence-electron chi connectivity index (χ2n) is 14.9. The Labute approximate surface area is 335 Å². The minimum Gasteiger partial charge on any atom is -0.452 e. The number of para-hydroxylation sites is 5. The van der Waals surface area contributed by atoms with Crippen LogP contribution in [0.3, 0.4) is 0 Å². The molecule has 4 heteroatoms. The monoisotopic (exact) mass is 741 g/mol. The maximum atomic E-state index is 6.79. The maximum absolute atomic E-state index is 6.79. The molecule has 1 aliphatic heterocycles. The van der Waals surface area contributed by atoms with Crippen LogP contribution in [0.25, 0.3) is 77.2 Å². The quantitative estimate of drug-likeness (QED) is 0.169. The number of aromatic nitrogens is 2. The molecule has 0 unspecified atom stereocenters. The zero-order chi connectivity index (χ0) is 38.2. The van der Waals surface area contributed by atoms with Gasteiger partial charge < -0.3 is 18.8 Å². The first-order chi connectivity index (χ1) is 28.8. The fourth-order valence-electron chi connectivity index (χ4n) is 9.10. The molecule has 0 radical (unpaired) electrons. The summed E-state index contributed by atoms with van der Waals surface area (Å²) in [5, 5.41) is 4.83. The maximum Gasteiger partial charge on any atom is 0.159 e. The van der Waals surface area contributed by atoms with E-state index < -0.39 is 0 Å². The predicted molar refractivity (Wildman–Crippen MR) is 241 cm³/mol. The molecule has 0 atom stereocenters. The molecule has 4 nitrogen and oxygen atoms in total. The zero-order valence-electron chi connectivity index (χ0n) is 31.5. The topological polar surface area (TPSA) is 22.3 Å². The van der Waals surface area contributed by atoms with Gasteiger partial charge in [0.15, 0.2) is 11.5 Å². The van der Waals surface area contributed by atoms with Gasteiger partial charge in [-0.3, -0.25) is 0 Å². The van der Waals surface area contributed by atoms with Crippen LogP contribution < -0.4 is 9.64 Å². The Morgan fingerprint density at radius 3 is 1.72 bits per heavy atom. The molecular weight excluding hydrogens is 707 g/mol. The van der Waals surface area contributed by atoms with Crippen molar-refractivity contribution in [2.24, 2.45) is 0 Å². The van der Waals surface area contributed by atoms with Gasteiger partial charge in [0.1, 0.15) is 0 Å². The van der Waals surface area contributed by atoms with Gasteiger partial charge in [0.05, 0.1) is 27.8 Å². The Morgan fingerprint density at radius 1 is 0.362 bits per heavy atom. The normalized spacial score (nSPS) is 11.9. The molecule has 3 heterocycles. The van der Waals surface area contributed by atoms with Crippen LogP contribution in [0.2, 0.25) is 0 Å². The van der Waals surface area contributed by atoms with Crippen LogP contribution in [0.1, 0.15) is 0 Å². The van der Waals surface area contributed by atoms with Crippen molar-refractivity contribution in [1.29, 1.82) is 0 Å². The Hall–Kier alpha value is -7.82. The molecule has 11 aromatic rings. The van der Waals surface area contributed by atoms with Crippen LogP contribution in [0.15, 0.2) is 212 Å². The van der Waals surface area contributed by atoms with Gasteiger partial charge >= 0.3 is 0 Å². The number of ether oxygens (including phenoxy) is 1. The zero-order valence-corrected chi connectivity index (χ0v) is 31.5. The van der Waals surface area contributed by atoms with Gasteiger partial charge in [0.2, 0.25) is 0 Å². The Bertz CT molecular complexity index is 3310. The van der Waals surface area contributed by atoms with E-state index in [1.165, 1.54) is 38.2 Å². The highest BCUT2D eigenvalue weighted by atomic mass is 16.5. The van der Waals surface area contributed by atoms with Crippen molar-refractivity contribution in [3.8, 4) is 45.1 Å². The van der Waals surface area contributed by atoms with Crippen molar-refractivity contribution in [3.63, 3.8) is 0 Å². The molecule has 0 N–H and O–H groups in total. The molecule has 1 aliphatic rings. The summed E-state index contributed by atoms with van der Waals surface area (Å²) in [6.45, 7) is 0. The fraction of sp³-hybridized carbons (Fsp3) is 0. The highest BCUT2D eigenvalue weighted by Gasteiger charge is 2.26. The van der Waals surface area contributed by atoms with Gasteiger partial charge in [0.25, 0.3) is 0 Å². The number of hydrogen-bond donors (Lipinski definition) is 0. The molecule has 0 fully saturated rings. The van der Waals surface area contributed by atoms with Gasteiger partial charge in [0, 0.05) is 49.9 Å². The average molecular weight is 742 g/mol. The molecule has 58 heavy (non-hydrogen) atoms. The summed E-state index contributed by atoms with van der Waals surface area (Å²) in [4.78, 5) is 2.33. The van der Waals surface area contributed by atoms with Crippen LogP contribution >= 0.6 is 0 Å². The van der Waals surface area contributed by atoms with Crippen molar-refractivity contribution in [3.05, 3.63) is 212 Å². The van der Waals surface area contributed by atoms with Crippen molar-refractivity contribution < 1.29 is 4.74 Å². The lowest BCUT2D eigenvalue weighted by atomic mass is 10.0. The lowest BCUT2D eigenvalue weighted by Gasteiger charge is -2.25. The molecule has 0 saturated heterocycles. The van der Waals surface area contributed by atoms with E-state index in [0.717, 1.165) is 67.6 Å². The highest BCUT2D eigenvalue weighted by molar-refractivity contribution is 6.13. The summed E-state index contributed by atoms with van der Waals surface area (Å²) in [6, 6.07) is 76.0. The van der Waals surface area contributed by atoms with E-state index in [0.29, 0.717) is 0 Å². The van der Waals surface area contributed by atoms with Gasteiger partial charge in [-0.15, -0.1) is 0 Å². The number of fused-ring (bicyclic) bond motifs is 8. The summed E-state index contributed by atoms with van der Waals surface area (Å²) < 4.78 is 11.6. The first kappa shape index (κ1) is 32.4. The number of benzene rings is 9. The second-order valence-corrected chi connectivity index (χ2v) is 14.9. The standard InChI is InChI=1S/C54H35N3O/c1-4-14-36(15-5-1)38-28-32-49-46(34-38)47-35-42(55(39-16-6-2-7-17-39)40-18-8-3-9-19-40)31-33-50(47)56(49)41-29-26-37(27-30-41)43-21-12-24-51-54(43)58-52-25-13-22-45-44-20-10-11-23-48(44)57(51)53(45)52/h1-35H. The highest BCUT2D eigenvalue weighted by Crippen LogP contribution is 2.49. The minimum atomic E-state index is 0.871. The third kappa shape index (κ3) is 4.95. The molecule has 272 valence electrons. The SMILES string of the molecule is c1ccc(-c2ccc3c(c2)c2cc(N(c4ccccc4)c4ccccc4)ccc2n3-c2ccc(-c3cccc4c3Oc3cccc5c6ccccc6n-4c35)cc2)cc1. The molecule has 0 amide bonds. The molecule has 12 rings (SSSR count). The van der Waals surface area contributed by atoms with E-state index in [9.17, 15) is 0 Å². The van der Waals surface area contributed by atoms with Gasteiger partial charge in [-0.2, -0.15) is 0 Å². The Kier molecular flexibility index (Phi) is 7.20. The second kappa shape index (κ2) is 12.9. The smallest absolute Gasteiger partial charge is 0.159 e. The third-order valence-corrected chi connectivity index (χ3v) is 11.7. The third-order valence-electron chi connectivity index (χ3n) is 11.7. The van der Waals surface area contributed by atoms with Crippen LogP contribution in [-0.2, 0) is 0 Å². The summed E-state index contributed by atoms with van der Waals surface area (Å²) >= 11 is 0. The van der Waals surface area contributed by atoms with Crippen molar-refractivity contribution in [1.82, 2.24) is 9.13 Å². The van der Waals surface area contributed by atoms with Crippen LogP contribution in [-0.4, -0.2) is 9.13 Å². The molecule has 0 spiro atoms. The van der Waals surface area contributed by atoms with Crippen molar-refractivity contribution in [2.75, 3.05) is 4.90 Å². The van der Waals surface area contributed by atoms with E-state index in [2.05, 4.69) is 226 Å². The first-order valence-electron chi connectivity index (χ1n) is 19.8. The largest absolute Gasteiger partial charge is 0.452 e.